The Balaban J connectivity index is 1.48. The molecule has 0 N–H and O–H groups in total. The van der Waals surface area contributed by atoms with Crippen LogP contribution in [-0.2, 0) is 0 Å². The van der Waals surface area contributed by atoms with Gasteiger partial charge >= 0.3 is 0 Å². The van der Waals surface area contributed by atoms with Gasteiger partial charge in [-0.15, -0.1) is 0 Å². The molecule has 5 nitrogen and oxygen atoms in total. The minimum Gasteiger partial charge on any atom is -0.356 e. The second-order valence-corrected chi connectivity index (χ2v) is 8.37. The predicted octanol–water partition coefficient (Wildman–Crippen LogP) is 3.84. The number of nitrogens with zero attached hydrogens (tertiary/aromatic N) is 4. The quantitative estimate of drug-likeness (QED) is 0.692. The Morgan fingerprint density at radius 1 is 1.15 bits per heavy atom. The summed E-state index contributed by atoms with van der Waals surface area (Å²) in [6.45, 7) is 6.37. The number of anilines is 1. The minimum atomic E-state index is -0.0740. The molecule has 0 bridgehead atoms. The van der Waals surface area contributed by atoms with Gasteiger partial charge in [0.05, 0.1) is 0 Å². The average Bonchev–Trinajstić information content (AvgIpc) is 3.24. The maximum atomic E-state index is 12.9. The van der Waals surface area contributed by atoms with Gasteiger partial charge in [0.2, 0.25) is 5.78 Å². The number of piperidine rings is 1. The highest BCUT2D eigenvalue weighted by Crippen LogP contribution is 2.25. The first kappa shape index (κ1) is 18.6. The number of halogens is 1. The van der Waals surface area contributed by atoms with Gasteiger partial charge in [0.1, 0.15) is 11.5 Å². The monoisotopic (exact) mass is 428 g/mol. The molecule has 4 rings (SSSR count). The normalized spacial score (nSPS) is 18.8. The van der Waals surface area contributed by atoms with E-state index in [-0.39, 0.29) is 5.78 Å². The first-order valence-electron chi connectivity index (χ1n) is 9.75. The fraction of sp³-hybridized carbons (Fsp3) is 0.476. The number of hydrogen-bond donors (Lipinski definition) is 0. The van der Waals surface area contributed by atoms with E-state index in [1.54, 1.807) is 12.3 Å². The zero-order valence-electron chi connectivity index (χ0n) is 15.7. The minimum absolute atomic E-state index is 0.0740. The SMILES string of the molecule is Cc1ncc(Br)cc1C(=O)c1cccc(N2CCC(N3CCCC3)CC2)n1. The van der Waals surface area contributed by atoms with Crippen LogP contribution >= 0.6 is 15.9 Å². The highest BCUT2D eigenvalue weighted by molar-refractivity contribution is 9.10. The zero-order chi connectivity index (χ0) is 18.8. The molecule has 2 aliphatic rings. The Morgan fingerprint density at radius 2 is 1.89 bits per heavy atom. The van der Waals surface area contributed by atoms with Crippen LogP contribution in [0.3, 0.4) is 0 Å². The van der Waals surface area contributed by atoms with Gasteiger partial charge in [0.25, 0.3) is 0 Å². The van der Waals surface area contributed by atoms with Crippen LogP contribution in [0.25, 0.3) is 0 Å². The Labute approximate surface area is 168 Å². The first-order chi connectivity index (χ1) is 13.1. The van der Waals surface area contributed by atoms with Gasteiger partial charge in [-0.3, -0.25) is 9.78 Å². The van der Waals surface area contributed by atoms with E-state index in [1.807, 2.05) is 25.1 Å². The van der Waals surface area contributed by atoms with Crippen molar-refractivity contribution in [1.29, 1.82) is 0 Å². The summed E-state index contributed by atoms with van der Waals surface area (Å²) < 4.78 is 0.802. The van der Waals surface area contributed by atoms with Gasteiger partial charge in [-0.2, -0.15) is 0 Å². The van der Waals surface area contributed by atoms with Gasteiger partial charge in [-0.05, 0) is 79.8 Å². The van der Waals surface area contributed by atoms with E-state index < -0.39 is 0 Å². The third-order valence-corrected chi connectivity index (χ3v) is 6.14. The highest BCUT2D eigenvalue weighted by Gasteiger charge is 2.27. The fourth-order valence-electron chi connectivity index (χ4n) is 4.17. The lowest BCUT2D eigenvalue weighted by Gasteiger charge is -2.37. The number of aryl methyl sites for hydroxylation is 1. The molecule has 27 heavy (non-hydrogen) atoms. The van der Waals surface area contributed by atoms with Gasteiger partial charge in [-0.1, -0.05) is 6.07 Å². The number of rotatable bonds is 4. The van der Waals surface area contributed by atoms with Gasteiger partial charge in [0.15, 0.2) is 0 Å². The molecule has 2 aliphatic heterocycles. The Morgan fingerprint density at radius 3 is 2.63 bits per heavy atom. The Hall–Kier alpha value is -1.79. The van der Waals surface area contributed by atoms with Crippen molar-refractivity contribution in [2.75, 3.05) is 31.1 Å². The smallest absolute Gasteiger partial charge is 0.213 e. The van der Waals surface area contributed by atoms with Crippen molar-refractivity contribution < 1.29 is 4.79 Å². The summed E-state index contributed by atoms with van der Waals surface area (Å²) in [7, 11) is 0. The lowest BCUT2D eigenvalue weighted by Crippen LogP contribution is -2.44. The van der Waals surface area contributed by atoms with Crippen LogP contribution in [0, 0.1) is 6.92 Å². The number of hydrogen-bond acceptors (Lipinski definition) is 5. The van der Waals surface area contributed by atoms with Crippen LogP contribution in [0.15, 0.2) is 34.9 Å². The zero-order valence-corrected chi connectivity index (χ0v) is 17.3. The molecule has 2 aromatic heterocycles. The fourth-order valence-corrected chi connectivity index (χ4v) is 4.50. The molecular weight excluding hydrogens is 404 g/mol. The lowest BCUT2D eigenvalue weighted by molar-refractivity contribution is 0.103. The van der Waals surface area contributed by atoms with Gasteiger partial charge in [-0.25, -0.2) is 4.98 Å². The summed E-state index contributed by atoms with van der Waals surface area (Å²) in [6.07, 6.45) is 6.75. The Bertz CT molecular complexity index is 827. The van der Waals surface area contributed by atoms with Crippen LogP contribution in [0.4, 0.5) is 5.82 Å². The highest BCUT2D eigenvalue weighted by atomic mass is 79.9. The third-order valence-electron chi connectivity index (χ3n) is 5.71. The summed E-state index contributed by atoms with van der Waals surface area (Å²) in [6, 6.07) is 8.27. The number of carbonyl (C=O) groups is 1. The summed E-state index contributed by atoms with van der Waals surface area (Å²) in [5, 5.41) is 0. The van der Waals surface area contributed by atoms with Crippen molar-refractivity contribution in [2.24, 2.45) is 0 Å². The van der Waals surface area contributed by atoms with Crippen molar-refractivity contribution in [3.8, 4) is 0 Å². The molecule has 4 heterocycles. The maximum Gasteiger partial charge on any atom is 0.213 e. The molecule has 0 aromatic carbocycles. The summed E-state index contributed by atoms with van der Waals surface area (Å²) in [5.74, 6) is 0.830. The van der Waals surface area contributed by atoms with E-state index in [2.05, 4.69) is 35.7 Å². The van der Waals surface area contributed by atoms with E-state index in [0.29, 0.717) is 17.3 Å². The standard InChI is InChI=1S/C21H25BrN4O/c1-15-18(13-16(22)14-23-15)21(27)19-5-4-6-20(24-19)26-11-7-17(8-12-26)25-9-2-3-10-25/h4-6,13-14,17H,2-3,7-12H2,1H3. The van der Waals surface area contributed by atoms with E-state index in [9.17, 15) is 4.79 Å². The van der Waals surface area contributed by atoms with Crippen molar-refractivity contribution >= 4 is 27.5 Å². The number of likely N-dealkylation sites (tertiary alicyclic amines) is 1. The molecule has 0 radical (unpaired) electrons. The van der Waals surface area contributed by atoms with E-state index in [0.717, 1.165) is 29.1 Å². The molecule has 0 saturated carbocycles. The summed E-state index contributed by atoms with van der Waals surface area (Å²) in [5.41, 5.74) is 1.81. The molecule has 2 saturated heterocycles. The number of carbonyl (C=O) groups excluding carboxylic acids is 1. The van der Waals surface area contributed by atoms with Crippen molar-refractivity contribution in [3.05, 3.63) is 51.9 Å². The van der Waals surface area contributed by atoms with Crippen molar-refractivity contribution in [1.82, 2.24) is 14.9 Å². The van der Waals surface area contributed by atoms with Crippen LogP contribution in [0.5, 0.6) is 0 Å². The van der Waals surface area contributed by atoms with Crippen molar-refractivity contribution in [3.63, 3.8) is 0 Å². The van der Waals surface area contributed by atoms with Gasteiger partial charge in [0, 0.05) is 41.1 Å². The molecule has 142 valence electrons. The molecule has 2 aromatic rings. The first-order valence-corrected chi connectivity index (χ1v) is 10.5. The molecule has 0 spiro atoms. The van der Waals surface area contributed by atoms with Crippen LogP contribution in [-0.4, -0.2) is 52.9 Å². The average molecular weight is 429 g/mol. The number of ketones is 1. The maximum absolute atomic E-state index is 12.9. The van der Waals surface area contributed by atoms with E-state index >= 15 is 0 Å². The number of pyridine rings is 2. The molecule has 2 fully saturated rings. The summed E-state index contributed by atoms with van der Waals surface area (Å²) in [4.78, 5) is 26.9. The lowest BCUT2D eigenvalue weighted by atomic mass is 10.0. The second-order valence-electron chi connectivity index (χ2n) is 7.46. The molecule has 0 amide bonds. The summed E-state index contributed by atoms with van der Waals surface area (Å²) >= 11 is 3.40. The predicted molar refractivity (Wildman–Crippen MR) is 110 cm³/mol. The van der Waals surface area contributed by atoms with Crippen LogP contribution < -0.4 is 4.90 Å². The topological polar surface area (TPSA) is 49.3 Å². The number of aromatic nitrogens is 2. The molecule has 0 unspecified atom stereocenters. The molecule has 0 atom stereocenters. The molecule has 0 aliphatic carbocycles. The van der Waals surface area contributed by atoms with Crippen LogP contribution in [0.2, 0.25) is 0 Å². The third kappa shape index (κ3) is 4.06. The molecule has 6 heteroatoms. The van der Waals surface area contributed by atoms with Crippen molar-refractivity contribution in [2.45, 2.75) is 38.6 Å². The Kier molecular flexibility index (Phi) is 5.55. The van der Waals surface area contributed by atoms with E-state index in [1.165, 1.54) is 38.8 Å². The van der Waals surface area contributed by atoms with Crippen LogP contribution in [0.1, 0.15) is 47.4 Å². The van der Waals surface area contributed by atoms with E-state index in [4.69, 9.17) is 0 Å². The van der Waals surface area contributed by atoms with Gasteiger partial charge < -0.3 is 9.80 Å². The molecular formula is C21H25BrN4O. The largest absolute Gasteiger partial charge is 0.356 e. The second kappa shape index (κ2) is 8.07.